The third-order valence-corrected chi connectivity index (χ3v) is 5.67. The fourth-order valence-corrected chi connectivity index (χ4v) is 4.03. The minimum atomic E-state index is -1.37. The molecule has 0 aliphatic heterocycles. The van der Waals surface area contributed by atoms with Gasteiger partial charge < -0.3 is 9.87 Å². The van der Waals surface area contributed by atoms with Gasteiger partial charge in [0.2, 0.25) is 5.91 Å². The Labute approximate surface area is 171 Å². The Balaban J connectivity index is 1.47. The van der Waals surface area contributed by atoms with E-state index in [1.807, 2.05) is 42.5 Å². The predicted octanol–water partition coefficient (Wildman–Crippen LogP) is 4.45. The van der Waals surface area contributed by atoms with Crippen LogP contribution in [0.1, 0.15) is 5.56 Å². The van der Waals surface area contributed by atoms with Crippen molar-refractivity contribution >= 4 is 39.7 Å². The molecule has 0 fully saturated rings. The Morgan fingerprint density at radius 2 is 1.76 bits per heavy atom. The van der Waals surface area contributed by atoms with Crippen LogP contribution in [0.3, 0.4) is 0 Å². The second-order valence-corrected chi connectivity index (χ2v) is 7.68. The Bertz CT molecular complexity index is 1160. The highest BCUT2D eigenvalue weighted by atomic mass is 32.2. The first-order valence-electron chi connectivity index (χ1n) is 8.95. The van der Waals surface area contributed by atoms with E-state index in [1.54, 1.807) is 48.9 Å². The van der Waals surface area contributed by atoms with Gasteiger partial charge in [-0.05, 0) is 54.1 Å². The quantitative estimate of drug-likeness (QED) is 0.397. The third-order valence-electron chi connectivity index (χ3n) is 4.24. The van der Waals surface area contributed by atoms with Crippen LogP contribution < -0.4 is 5.32 Å². The van der Waals surface area contributed by atoms with Crippen molar-refractivity contribution in [1.29, 1.82) is 0 Å². The lowest BCUT2D eigenvalue weighted by Crippen LogP contribution is -2.08. The number of carbonyl (C=O) groups excluding carboxylic acids is 1. The molecule has 0 aliphatic carbocycles. The van der Waals surface area contributed by atoms with Crippen LogP contribution in [0.15, 0.2) is 101 Å². The van der Waals surface area contributed by atoms with E-state index in [-0.39, 0.29) is 5.91 Å². The SMILES string of the molecule is O=C(/C=C/c1cccnc1)Nc1ccc([S+]([O-])c2cccc3cccnc23)cc1. The second kappa shape index (κ2) is 8.68. The number of fused-ring (bicyclic) bond motifs is 1. The van der Waals surface area contributed by atoms with Crippen LogP contribution in [-0.2, 0) is 16.0 Å². The fourth-order valence-electron chi connectivity index (χ4n) is 2.85. The number of para-hydroxylation sites is 1. The molecule has 4 aromatic rings. The molecular weight excluding hydrogens is 382 g/mol. The largest absolute Gasteiger partial charge is 0.606 e. The first-order chi connectivity index (χ1) is 14.2. The molecular formula is C23H17N3O2S. The Morgan fingerprint density at radius 3 is 2.55 bits per heavy atom. The van der Waals surface area contributed by atoms with Gasteiger partial charge in [-0.25, -0.2) is 0 Å². The van der Waals surface area contributed by atoms with E-state index in [9.17, 15) is 9.35 Å². The standard InChI is InChI=1S/C23H17N3O2S/c27-22(13-8-17-4-2-14-24-16-17)26-19-9-11-20(12-10-19)29(28)21-7-1-5-18-6-3-15-25-23(18)21/h1-16H,(H,26,27)/b13-8+. The molecule has 4 rings (SSSR count). The molecule has 0 saturated heterocycles. The molecule has 0 radical (unpaired) electrons. The van der Waals surface area contributed by atoms with Gasteiger partial charge in [-0.3, -0.25) is 14.8 Å². The lowest BCUT2D eigenvalue weighted by atomic mass is 10.2. The normalized spacial score (nSPS) is 12.2. The minimum absolute atomic E-state index is 0.249. The lowest BCUT2D eigenvalue weighted by molar-refractivity contribution is -0.111. The van der Waals surface area contributed by atoms with E-state index in [0.717, 1.165) is 16.5 Å². The topological polar surface area (TPSA) is 77.9 Å². The Kier molecular flexibility index (Phi) is 5.65. The lowest BCUT2D eigenvalue weighted by Gasteiger charge is -2.12. The van der Waals surface area contributed by atoms with Crippen LogP contribution in [0.2, 0.25) is 0 Å². The molecule has 1 atom stereocenters. The molecule has 2 aromatic carbocycles. The van der Waals surface area contributed by atoms with Crippen LogP contribution in [0.5, 0.6) is 0 Å². The molecule has 2 heterocycles. The maximum Gasteiger partial charge on any atom is 0.248 e. The summed E-state index contributed by atoms with van der Waals surface area (Å²) in [6.45, 7) is 0. The van der Waals surface area contributed by atoms with Crippen molar-refractivity contribution < 1.29 is 9.35 Å². The number of aromatic nitrogens is 2. The van der Waals surface area contributed by atoms with Crippen molar-refractivity contribution in [2.24, 2.45) is 0 Å². The molecule has 0 aliphatic rings. The van der Waals surface area contributed by atoms with E-state index in [2.05, 4.69) is 15.3 Å². The zero-order chi connectivity index (χ0) is 20.1. The summed E-state index contributed by atoms with van der Waals surface area (Å²) in [5, 5.41) is 3.74. The molecule has 0 bridgehead atoms. The van der Waals surface area contributed by atoms with Crippen LogP contribution in [0.25, 0.3) is 17.0 Å². The number of hydrogen-bond acceptors (Lipinski definition) is 4. The number of hydrogen-bond donors (Lipinski definition) is 1. The van der Waals surface area contributed by atoms with Gasteiger partial charge in [0.05, 0.1) is 0 Å². The van der Waals surface area contributed by atoms with Crippen LogP contribution >= 0.6 is 0 Å². The summed E-state index contributed by atoms with van der Waals surface area (Å²) in [5.41, 5.74) is 2.20. The van der Waals surface area contributed by atoms with Crippen molar-refractivity contribution in [1.82, 2.24) is 9.97 Å². The monoisotopic (exact) mass is 399 g/mol. The highest BCUT2D eigenvalue weighted by molar-refractivity contribution is 7.91. The number of anilines is 1. The van der Waals surface area contributed by atoms with E-state index in [4.69, 9.17) is 0 Å². The van der Waals surface area contributed by atoms with Gasteiger partial charge >= 0.3 is 0 Å². The molecule has 29 heavy (non-hydrogen) atoms. The van der Waals surface area contributed by atoms with E-state index in [1.165, 1.54) is 6.08 Å². The maximum absolute atomic E-state index is 13.0. The first-order valence-corrected chi connectivity index (χ1v) is 10.1. The van der Waals surface area contributed by atoms with Gasteiger partial charge in [0, 0.05) is 46.9 Å². The van der Waals surface area contributed by atoms with Gasteiger partial charge in [0.1, 0.15) is 5.52 Å². The number of amides is 1. The summed E-state index contributed by atoms with van der Waals surface area (Å²) in [5.74, 6) is -0.249. The van der Waals surface area contributed by atoms with Crippen molar-refractivity contribution in [2.75, 3.05) is 5.32 Å². The second-order valence-electron chi connectivity index (χ2n) is 6.23. The van der Waals surface area contributed by atoms with Crippen LogP contribution in [-0.4, -0.2) is 20.4 Å². The average Bonchev–Trinajstić information content (AvgIpc) is 2.78. The van der Waals surface area contributed by atoms with Gasteiger partial charge in [0.25, 0.3) is 0 Å². The van der Waals surface area contributed by atoms with E-state index < -0.39 is 11.2 Å². The molecule has 1 unspecified atom stereocenters. The molecule has 0 saturated carbocycles. The van der Waals surface area contributed by atoms with Gasteiger partial charge in [-0.15, -0.1) is 0 Å². The molecule has 142 valence electrons. The number of carbonyl (C=O) groups is 1. The van der Waals surface area contributed by atoms with Crippen LogP contribution in [0.4, 0.5) is 5.69 Å². The van der Waals surface area contributed by atoms with Crippen molar-refractivity contribution in [2.45, 2.75) is 9.79 Å². The highest BCUT2D eigenvalue weighted by Crippen LogP contribution is 2.27. The number of benzene rings is 2. The number of rotatable bonds is 5. The zero-order valence-electron chi connectivity index (χ0n) is 15.4. The minimum Gasteiger partial charge on any atom is -0.606 e. The molecule has 5 nitrogen and oxygen atoms in total. The highest BCUT2D eigenvalue weighted by Gasteiger charge is 2.18. The number of nitrogens with one attached hydrogen (secondary N) is 1. The summed E-state index contributed by atoms with van der Waals surface area (Å²) < 4.78 is 13.0. The fraction of sp³-hybridized carbons (Fsp3) is 0. The first kappa shape index (κ1) is 18.9. The summed E-state index contributed by atoms with van der Waals surface area (Å²) in [4.78, 5) is 21.8. The zero-order valence-corrected chi connectivity index (χ0v) is 16.2. The number of nitrogens with zero attached hydrogens (tertiary/aromatic N) is 2. The molecule has 1 N–H and O–H groups in total. The van der Waals surface area contributed by atoms with Crippen molar-refractivity contribution in [3.63, 3.8) is 0 Å². The van der Waals surface area contributed by atoms with E-state index in [0.29, 0.717) is 15.5 Å². The Morgan fingerprint density at radius 1 is 0.966 bits per heavy atom. The summed E-state index contributed by atoms with van der Waals surface area (Å²) in [6, 6.07) is 20.1. The summed E-state index contributed by atoms with van der Waals surface area (Å²) in [7, 11) is 0. The van der Waals surface area contributed by atoms with Gasteiger partial charge in [-0.2, -0.15) is 0 Å². The van der Waals surface area contributed by atoms with Crippen molar-refractivity contribution in [3.8, 4) is 0 Å². The third kappa shape index (κ3) is 4.51. The average molecular weight is 399 g/mol. The summed E-state index contributed by atoms with van der Waals surface area (Å²) in [6.07, 6.45) is 8.19. The van der Waals surface area contributed by atoms with Gasteiger partial charge in [-0.1, -0.05) is 24.3 Å². The molecule has 1 amide bonds. The molecule has 0 spiro atoms. The Hall–Kier alpha value is -3.48. The van der Waals surface area contributed by atoms with E-state index >= 15 is 0 Å². The number of pyridine rings is 2. The predicted molar refractivity (Wildman–Crippen MR) is 115 cm³/mol. The van der Waals surface area contributed by atoms with Gasteiger partial charge in [0.15, 0.2) is 9.79 Å². The smallest absolute Gasteiger partial charge is 0.248 e. The molecule has 6 heteroatoms. The molecule has 2 aromatic heterocycles. The van der Waals surface area contributed by atoms with Crippen molar-refractivity contribution in [3.05, 3.63) is 97.0 Å². The van der Waals surface area contributed by atoms with Crippen LogP contribution in [0, 0.1) is 0 Å². The maximum atomic E-state index is 13.0. The summed E-state index contributed by atoms with van der Waals surface area (Å²) >= 11 is -1.37.